The van der Waals surface area contributed by atoms with Gasteiger partial charge in [0.25, 0.3) is 0 Å². The molecule has 1 fully saturated rings. The summed E-state index contributed by atoms with van der Waals surface area (Å²) in [7, 11) is 0. The molecule has 2 aliphatic carbocycles. The van der Waals surface area contributed by atoms with E-state index in [1.807, 2.05) is 0 Å². The lowest BCUT2D eigenvalue weighted by atomic mass is 9.87. The summed E-state index contributed by atoms with van der Waals surface area (Å²) in [6, 6.07) is 4.27. The maximum Gasteiger partial charge on any atom is 0.110 e. The van der Waals surface area contributed by atoms with E-state index in [1.165, 1.54) is 28.8 Å². The van der Waals surface area contributed by atoms with E-state index in [2.05, 4.69) is 60.9 Å². The van der Waals surface area contributed by atoms with Gasteiger partial charge in [-0.05, 0) is 74.1 Å². The molecule has 132 valence electrons. The van der Waals surface area contributed by atoms with Gasteiger partial charge >= 0.3 is 0 Å². The highest BCUT2D eigenvalue weighted by Gasteiger charge is 2.53. The molecule has 0 unspecified atom stereocenters. The Labute approximate surface area is 158 Å². The van der Waals surface area contributed by atoms with Crippen LogP contribution in [0.15, 0.2) is 21.6 Å². The number of aromatic nitrogens is 2. The van der Waals surface area contributed by atoms with Crippen molar-refractivity contribution >= 4 is 27.3 Å². The van der Waals surface area contributed by atoms with Crippen LogP contribution in [-0.4, -0.2) is 15.9 Å². The predicted octanol–water partition coefficient (Wildman–Crippen LogP) is 5.83. The fourth-order valence-corrected chi connectivity index (χ4v) is 4.78. The molecule has 2 aliphatic rings. The second-order valence-corrected chi connectivity index (χ2v) is 9.06. The molecule has 0 saturated heterocycles. The van der Waals surface area contributed by atoms with Crippen LogP contribution < -0.4 is 0 Å². The Morgan fingerprint density at radius 2 is 2.20 bits per heavy atom. The van der Waals surface area contributed by atoms with Crippen LogP contribution in [0.1, 0.15) is 61.2 Å². The van der Waals surface area contributed by atoms with Gasteiger partial charge in [0.05, 0.1) is 11.4 Å². The summed E-state index contributed by atoms with van der Waals surface area (Å²) < 4.78 is 1.09. The highest BCUT2D eigenvalue weighted by Crippen LogP contribution is 2.59. The lowest BCUT2D eigenvalue weighted by molar-refractivity contribution is 0.466. The van der Waals surface area contributed by atoms with Gasteiger partial charge in [0.1, 0.15) is 5.69 Å². The van der Waals surface area contributed by atoms with Crippen molar-refractivity contribution in [2.75, 3.05) is 0 Å². The standard InChI is InChI=1S/C21H26BrN3/c1-5-6-17(23-18-9-15(22)7-12(2)13(18)3)20-16-8-14-10-21(14,4)11-19(16)24-25-20/h7,9,14H,5-6,8,10-11H2,1-4H3,(H,24,25)/t14-,21-/m1/s1. The van der Waals surface area contributed by atoms with E-state index in [4.69, 9.17) is 10.1 Å². The second-order valence-electron chi connectivity index (χ2n) is 8.14. The number of H-pyrrole nitrogens is 1. The number of nitrogens with zero attached hydrogens (tertiary/aromatic N) is 2. The number of aryl methyl sites for hydroxylation is 1. The maximum absolute atomic E-state index is 5.08. The molecule has 0 radical (unpaired) electrons. The van der Waals surface area contributed by atoms with Gasteiger partial charge in [0, 0.05) is 15.7 Å². The zero-order valence-electron chi connectivity index (χ0n) is 15.5. The summed E-state index contributed by atoms with van der Waals surface area (Å²) in [6.07, 6.45) is 5.71. The molecule has 2 atom stereocenters. The van der Waals surface area contributed by atoms with E-state index in [0.717, 1.165) is 53.2 Å². The van der Waals surface area contributed by atoms with E-state index in [1.54, 1.807) is 0 Å². The molecule has 1 heterocycles. The minimum Gasteiger partial charge on any atom is -0.282 e. The second kappa shape index (κ2) is 6.08. The van der Waals surface area contributed by atoms with Crippen LogP contribution in [0.25, 0.3) is 0 Å². The van der Waals surface area contributed by atoms with E-state index < -0.39 is 0 Å². The molecule has 1 aromatic heterocycles. The molecule has 0 aliphatic heterocycles. The third kappa shape index (κ3) is 2.99. The highest BCUT2D eigenvalue weighted by atomic mass is 79.9. The molecule has 0 amide bonds. The van der Waals surface area contributed by atoms with E-state index in [-0.39, 0.29) is 0 Å². The molecule has 0 bridgehead atoms. The Hall–Kier alpha value is -1.42. The summed E-state index contributed by atoms with van der Waals surface area (Å²) in [5, 5.41) is 8.04. The number of rotatable bonds is 4. The SMILES string of the molecule is CCCC(=Nc1cc(Br)cc(C)c1C)c1n[nH]c2c1C[C@@H]1C[C@]1(C)C2. The van der Waals surface area contributed by atoms with Crippen molar-refractivity contribution in [2.45, 2.75) is 59.8 Å². The van der Waals surface area contributed by atoms with Crippen LogP contribution in [0.2, 0.25) is 0 Å². The Morgan fingerprint density at radius 3 is 2.96 bits per heavy atom. The first-order valence-corrected chi connectivity index (χ1v) is 10.1. The zero-order chi connectivity index (χ0) is 17.8. The number of aromatic amines is 1. The third-order valence-corrected chi connectivity index (χ3v) is 6.60. The molecule has 1 N–H and O–H groups in total. The van der Waals surface area contributed by atoms with Gasteiger partial charge in [0.2, 0.25) is 0 Å². The smallest absolute Gasteiger partial charge is 0.110 e. The molecule has 1 aromatic carbocycles. The van der Waals surface area contributed by atoms with Crippen molar-refractivity contribution in [3.63, 3.8) is 0 Å². The van der Waals surface area contributed by atoms with Gasteiger partial charge in [-0.25, -0.2) is 0 Å². The lowest BCUT2D eigenvalue weighted by Gasteiger charge is -2.18. The predicted molar refractivity (Wildman–Crippen MR) is 107 cm³/mol. The van der Waals surface area contributed by atoms with Crippen molar-refractivity contribution in [1.29, 1.82) is 0 Å². The summed E-state index contributed by atoms with van der Waals surface area (Å²) in [5.74, 6) is 0.842. The first-order chi connectivity index (χ1) is 11.9. The Kier molecular flexibility index (Phi) is 4.14. The van der Waals surface area contributed by atoms with Gasteiger partial charge in [-0.2, -0.15) is 5.10 Å². The molecular formula is C21H26BrN3. The molecular weight excluding hydrogens is 374 g/mol. The monoisotopic (exact) mass is 399 g/mol. The van der Waals surface area contributed by atoms with Crippen LogP contribution in [-0.2, 0) is 12.8 Å². The van der Waals surface area contributed by atoms with Crippen molar-refractivity contribution in [3.05, 3.63) is 44.7 Å². The third-order valence-electron chi connectivity index (χ3n) is 6.14. The van der Waals surface area contributed by atoms with Crippen LogP contribution >= 0.6 is 15.9 Å². The van der Waals surface area contributed by atoms with Crippen molar-refractivity contribution < 1.29 is 0 Å². The summed E-state index contributed by atoms with van der Waals surface area (Å²) in [5.41, 5.74) is 9.11. The Balaban J connectivity index is 1.77. The molecule has 4 heteroatoms. The summed E-state index contributed by atoms with van der Waals surface area (Å²) in [4.78, 5) is 5.08. The molecule has 0 spiro atoms. The average Bonchev–Trinajstić information content (AvgIpc) is 3.05. The van der Waals surface area contributed by atoms with Crippen LogP contribution in [0, 0.1) is 25.2 Å². The Morgan fingerprint density at radius 1 is 1.40 bits per heavy atom. The number of hydrogen-bond donors (Lipinski definition) is 1. The largest absolute Gasteiger partial charge is 0.282 e. The Bertz CT molecular complexity index is 864. The fraction of sp³-hybridized carbons (Fsp3) is 0.524. The van der Waals surface area contributed by atoms with Gasteiger partial charge < -0.3 is 0 Å². The minimum absolute atomic E-state index is 0.525. The lowest BCUT2D eigenvalue weighted by Crippen LogP contribution is -2.15. The van der Waals surface area contributed by atoms with Crippen LogP contribution in [0.5, 0.6) is 0 Å². The van der Waals surface area contributed by atoms with Crippen molar-refractivity contribution in [3.8, 4) is 0 Å². The van der Waals surface area contributed by atoms with Gasteiger partial charge in [-0.15, -0.1) is 0 Å². The number of aliphatic imine (C=N–C) groups is 1. The average molecular weight is 400 g/mol. The minimum atomic E-state index is 0.525. The van der Waals surface area contributed by atoms with Crippen molar-refractivity contribution in [1.82, 2.24) is 10.2 Å². The molecule has 4 rings (SSSR count). The van der Waals surface area contributed by atoms with Crippen LogP contribution in [0.4, 0.5) is 5.69 Å². The normalized spacial score (nSPS) is 24.8. The van der Waals surface area contributed by atoms with E-state index in [0.29, 0.717) is 5.41 Å². The fourth-order valence-electron chi connectivity index (χ4n) is 4.22. The topological polar surface area (TPSA) is 41.0 Å². The van der Waals surface area contributed by atoms with Crippen LogP contribution in [0.3, 0.4) is 0 Å². The number of halogens is 1. The first kappa shape index (κ1) is 17.0. The van der Waals surface area contributed by atoms with Crippen molar-refractivity contribution in [2.24, 2.45) is 16.3 Å². The number of nitrogens with one attached hydrogen (secondary N) is 1. The van der Waals surface area contributed by atoms with E-state index >= 15 is 0 Å². The first-order valence-electron chi connectivity index (χ1n) is 9.32. The summed E-state index contributed by atoms with van der Waals surface area (Å²) >= 11 is 3.61. The molecule has 3 nitrogen and oxygen atoms in total. The quantitative estimate of drug-likeness (QED) is 0.644. The van der Waals surface area contributed by atoms with Gasteiger partial charge in [-0.1, -0.05) is 36.2 Å². The number of benzene rings is 1. The molecule has 25 heavy (non-hydrogen) atoms. The number of fused-ring (bicyclic) bond motifs is 2. The number of hydrogen-bond acceptors (Lipinski definition) is 2. The zero-order valence-corrected chi connectivity index (χ0v) is 17.1. The van der Waals surface area contributed by atoms with Gasteiger partial charge in [0.15, 0.2) is 0 Å². The van der Waals surface area contributed by atoms with E-state index in [9.17, 15) is 0 Å². The van der Waals surface area contributed by atoms with Gasteiger partial charge in [-0.3, -0.25) is 10.1 Å². The highest BCUT2D eigenvalue weighted by molar-refractivity contribution is 9.10. The molecule has 2 aromatic rings. The molecule has 1 saturated carbocycles. The maximum atomic E-state index is 5.08. The summed E-state index contributed by atoms with van der Waals surface area (Å²) in [6.45, 7) is 8.92.